The Morgan fingerprint density at radius 1 is 1.48 bits per heavy atom. The van der Waals surface area contributed by atoms with Gasteiger partial charge in [0.15, 0.2) is 0 Å². The molecule has 2 aliphatic carbocycles. The van der Waals surface area contributed by atoms with Gasteiger partial charge in [0, 0.05) is 12.1 Å². The molecule has 1 saturated carbocycles. The summed E-state index contributed by atoms with van der Waals surface area (Å²) in [5, 5.41) is 15.7. The number of carbonyl (C=O) groups is 1. The van der Waals surface area contributed by atoms with E-state index >= 15 is 0 Å². The molecular formula is C18H27N3O2. The van der Waals surface area contributed by atoms with Crippen molar-refractivity contribution in [2.75, 3.05) is 7.05 Å². The zero-order chi connectivity index (χ0) is 16.9. The van der Waals surface area contributed by atoms with Gasteiger partial charge in [-0.15, -0.1) is 0 Å². The maximum absolute atomic E-state index is 10.6. The highest BCUT2D eigenvalue weighted by Crippen LogP contribution is 2.34. The van der Waals surface area contributed by atoms with Gasteiger partial charge in [-0.05, 0) is 44.4 Å². The largest absolute Gasteiger partial charge is 0.478 e. The lowest BCUT2D eigenvalue weighted by atomic mass is 9.75. The van der Waals surface area contributed by atoms with Crippen molar-refractivity contribution in [1.82, 2.24) is 10.6 Å². The van der Waals surface area contributed by atoms with Gasteiger partial charge >= 0.3 is 5.97 Å². The van der Waals surface area contributed by atoms with Crippen LogP contribution in [0.25, 0.3) is 0 Å². The third-order valence-electron chi connectivity index (χ3n) is 4.57. The minimum absolute atomic E-state index is 0.0139. The summed E-state index contributed by atoms with van der Waals surface area (Å²) in [4.78, 5) is 15.5. The first-order valence-electron chi connectivity index (χ1n) is 8.46. The molecule has 0 aromatic carbocycles. The molecule has 0 aromatic heterocycles. The second kappa shape index (κ2) is 7.59. The van der Waals surface area contributed by atoms with Crippen LogP contribution in [-0.2, 0) is 4.79 Å². The van der Waals surface area contributed by atoms with E-state index in [1.165, 1.54) is 12.5 Å². The number of fused-ring (bicyclic) bond motifs is 2. The van der Waals surface area contributed by atoms with E-state index in [1.807, 2.05) is 27.0 Å². The highest BCUT2D eigenvalue weighted by atomic mass is 16.4. The Hall–Kier alpha value is -1.88. The summed E-state index contributed by atoms with van der Waals surface area (Å²) in [6, 6.07) is 0.376. The van der Waals surface area contributed by atoms with Gasteiger partial charge in [-0.2, -0.15) is 0 Å². The summed E-state index contributed by atoms with van der Waals surface area (Å²) in [5.41, 5.74) is 0.931. The minimum atomic E-state index is -0.926. The van der Waals surface area contributed by atoms with Gasteiger partial charge in [-0.25, -0.2) is 4.79 Å². The lowest BCUT2D eigenvalue weighted by Gasteiger charge is -2.45. The fourth-order valence-corrected chi connectivity index (χ4v) is 3.17. The Morgan fingerprint density at radius 3 is 2.78 bits per heavy atom. The number of rotatable bonds is 4. The van der Waals surface area contributed by atoms with Crippen molar-refractivity contribution in [3.63, 3.8) is 0 Å². The second-order valence-corrected chi connectivity index (χ2v) is 5.91. The van der Waals surface area contributed by atoms with Crippen LogP contribution in [0.2, 0.25) is 0 Å². The SMILES string of the molecule is CC.CNC1(C2=NC3C=CC(/C=C/C(=O)O)=CC(C3)N2)CCC1. The predicted molar refractivity (Wildman–Crippen MR) is 93.8 cm³/mol. The van der Waals surface area contributed by atoms with Crippen LogP contribution in [0.5, 0.6) is 0 Å². The van der Waals surface area contributed by atoms with Crippen LogP contribution < -0.4 is 10.6 Å². The van der Waals surface area contributed by atoms with Crippen LogP contribution in [-0.4, -0.2) is 41.6 Å². The first kappa shape index (κ1) is 17.5. The molecule has 23 heavy (non-hydrogen) atoms. The number of hydrogen-bond donors (Lipinski definition) is 3. The average Bonchev–Trinajstić information content (AvgIpc) is 2.65. The van der Waals surface area contributed by atoms with E-state index in [9.17, 15) is 4.79 Å². The number of nitrogens with one attached hydrogen (secondary N) is 2. The Balaban J connectivity index is 0.000000924. The van der Waals surface area contributed by atoms with Gasteiger partial charge in [0.25, 0.3) is 0 Å². The molecule has 5 nitrogen and oxygen atoms in total. The Morgan fingerprint density at radius 2 is 2.22 bits per heavy atom. The van der Waals surface area contributed by atoms with Gasteiger partial charge < -0.3 is 15.7 Å². The summed E-state index contributed by atoms with van der Waals surface area (Å²) < 4.78 is 0. The van der Waals surface area contributed by atoms with Crippen LogP contribution in [0, 0.1) is 0 Å². The molecule has 2 atom stereocenters. The summed E-state index contributed by atoms with van der Waals surface area (Å²) >= 11 is 0. The summed E-state index contributed by atoms with van der Waals surface area (Å²) in [5.74, 6) is 0.131. The van der Waals surface area contributed by atoms with E-state index in [0.29, 0.717) is 0 Å². The van der Waals surface area contributed by atoms with Crippen LogP contribution in [0.15, 0.2) is 40.9 Å². The van der Waals surface area contributed by atoms with E-state index in [1.54, 1.807) is 6.08 Å². The van der Waals surface area contributed by atoms with Crippen molar-refractivity contribution in [1.29, 1.82) is 0 Å². The third-order valence-corrected chi connectivity index (χ3v) is 4.57. The van der Waals surface area contributed by atoms with E-state index in [2.05, 4.69) is 22.8 Å². The molecule has 0 radical (unpaired) electrons. The quantitative estimate of drug-likeness (QED) is 0.696. The average molecular weight is 317 g/mol. The third kappa shape index (κ3) is 3.91. The molecule has 3 N–H and O–H groups in total. The highest BCUT2D eigenvalue weighted by Gasteiger charge is 2.42. The summed E-state index contributed by atoms with van der Waals surface area (Å²) in [6.45, 7) is 4.00. The molecule has 0 aromatic rings. The smallest absolute Gasteiger partial charge is 0.328 e. The molecule has 1 aliphatic heterocycles. The molecule has 2 unspecified atom stereocenters. The number of aliphatic imine (C=N–C) groups is 1. The maximum Gasteiger partial charge on any atom is 0.328 e. The summed E-state index contributed by atoms with van der Waals surface area (Å²) in [6.07, 6.45) is 13.3. The van der Waals surface area contributed by atoms with E-state index in [4.69, 9.17) is 10.1 Å². The zero-order valence-electron chi connectivity index (χ0n) is 14.2. The van der Waals surface area contributed by atoms with Crippen molar-refractivity contribution < 1.29 is 9.90 Å². The number of likely N-dealkylation sites (N-methyl/N-ethyl adjacent to an activating group) is 1. The first-order valence-corrected chi connectivity index (χ1v) is 8.46. The van der Waals surface area contributed by atoms with Crippen LogP contribution in [0.4, 0.5) is 0 Å². The number of carboxylic acid groups (broad SMARTS) is 1. The van der Waals surface area contributed by atoms with Gasteiger partial charge in [0.2, 0.25) is 0 Å². The number of amidine groups is 1. The van der Waals surface area contributed by atoms with Gasteiger partial charge in [0.1, 0.15) is 5.84 Å². The number of aliphatic carboxylic acids is 1. The molecule has 126 valence electrons. The molecule has 1 heterocycles. The first-order chi connectivity index (χ1) is 11.1. The van der Waals surface area contributed by atoms with Crippen molar-refractivity contribution >= 4 is 11.8 Å². The number of allylic oxidation sites excluding steroid dienone is 3. The monoisotopic (exact) mass is 317 g/mol. The Kier molecular flexibility index (Phi) is 5.77. The fraction of sp³-hybridized carbons (Fsp3) is 0.556. The molecular weight excluding hydrogens is 290 g/mol. The second-order valence-electron chi connectivity index (χ2n) is 5.91. The summed E-state index contributed by atoms with van der Waals surface area (Å²) in [7, 11) is 1.99. The zero-order valence-corrected chi connectivity index (χ0v) is 14.2. The fourth-order valence-electron chi connectivity index (χ4n) is 3.17. The van der Waals surface area contributed by atoms with E-state index in [0.717, 1.165) is 30.7 Å². The van der Waals surface area contributed by atoms with Crippen LogP contribution in [0.1, 0.15) is 39.5 Å². The van der Waals surface area contributed by atoms with Crippen molar-refractivity contribution in [3.05, 3.63) is 36.0 Å². The molecule has 3 rings (SSSR count). The molecule has 0 saturated heterocycles. The molecule has 5 heteroatoms. The van der Waals surface area contributed by atoms with Gasteiger partial charge in [0.05, 0.1) is 11.6 Å². The Labute approximate surface area is 138 Å². The standard InChI is InChI=1S/C16H21N3O2.C2H6/c1-17-16(7-2-8-16)15-18-12-5-3-11(4-6-14(20)21)9-13(10-12)19-15;1-2/h3-6,9,12-13,17H,2,7-8,10H2,1H3,(H,18,19)(H,20,21);1-2H3/b6-4+;. The predicted octanol–water partition coefficient (Wildman–Crippen LogP) is 2.42. The molecule has 0 spiro atoms. The molecule has 3 aliphatic rings. The van der Waals surface area contributed by atoms with E-state index < -0.39 is 5.97 Å². The molecule has 1 fully saturated rings. The van der Waals surface area contributed by atoms with Crippen molar-refractivity contribution in [2.45, 2.75) is 57.2 Å². The molecule has 0 amide bonds. The number of nitrogens with zero attached hydrogens (tertiary/aromatic N) is 1. The normalized spacial score (nSPS) is 27.6. The van der Waals surface area contributed by atoms with Crippen molar-refractivity contribution in [2.24, 2.45) is 4.99 Å². The van der Waals surface area contributed by atoms with Crippen LogP contribution >= 0.6 is 0 Å². The molecule has 2 bridgehead atoms. The highest BCUT2D eigenvalue weighted by molar-refractivity contribution is 5.93. The maximum atomic E-state index is 10.6. The van der Waals surface area contributed by atoms with Crippen LogP contribution in [0.3, 0.4) is 0 Å². The van der Waals surface area contributed by atoms with Gasteiger partial charge in [-0.3, -0.25) is 4.99 Å². The lowest BCUT2D eigenvalue weighted by molar-refractivity contribution is -0.131. The van der Waals surface area contributed by atoms with E-state index in [-0.39, 0.29) is 17.6 Å². The topological polar surface area (TPSA) is 73.7 Å². The number of carboxylic acids is 1. The minimum Gasteiger partial charge on any atom is -0.478 e. The Bertz CT molecular complexity index is 551. The number of hydrogen-bond acceptors (Lipinski definition) is 4. The van der Waals surface area contributed by atoms with Gasteiger partial charge in [-0.1, -0.05) is 32.1 Å². The lowest BCUT2D eigenvalue weighted by Crippen LogP contribution is -2.63. The van der Waals surface area contributed by atoms with Crippen molar-refractivity contribution in [3.8, 4) is 0 Å².